The molecule has 8 heteroatoms. The van der Waals surface area contributed by atoms with Crippen LogP contribution in [0.3, 0.4) is 0 Å². The number of carbonyl (C=O) groups excluding carboxylic acids is 1. The monoisotopic (exact) mass is 385 g/mol. The molecule has 0 unspecified atom stereocenters. The molecule has 0 spiro atoms. The van der Waals surface area contributed by atoms with Crippen LogP contribution in [0.5, 0.6) is 0 Å². The van der Waals surface area contributed by atoms with Crippen molar-refractivity contribution >= 4 is 22.8 Å². The van der Waals surface area contributed by atoms with Crippen molar-refractivity contribution in [2.75, 3.05) is 0 Å². The van der Waals surface area contributed by atoms with E-state index in [1.807, 2.05) is 17.5 Å². The Bertz CT molecular complexity index is 1010. The van der Waals surface area contributed by atoms with Gasteiger partial charge in [-0.25, -0.2) is 9.20 Å². The molecular weight excluding hydrogens is 362 g/mol. The van der Waals surface area contributed by atoms with Crippen LogP contribution in [0.15, 0.2) is 34.7 Å². The SMILES string of the molecule is C[C@@H]1[C@H](C)CCC[C@@H]1NC(=O)Cn1ncn2nc(-c3cccs3)cc2c1=O. The smallest absolute Gasteiger partial charge is 0.293 e. The second kappa shape index (κ2) is 7.26. The Labute approximate surface area is 161 Å². The van der Waals surface area contributed by atoms with Crippen LogP contribution in [0.4, 0.5) is 0 Å². The van der Waals surface area contributed by atoms with Crippen LogP contribution in [0, 0.1) is 11.8 Å². The van der Waals surface area contributed by atoms with Crippen molar-refractivity contribution in [3.8, 4) is 10.6 Å². The van der Waals surface area contributed by atoms with Gasteiger partial charge in [-0.05, 0) is 35.8 Å². The highest BCUT2D eigenvalue weighted by atomic mass is 32.1. The molecule has 3 heterocycles. The quantitative estimate of drug-likeness (QED) is 0.748. The summed E-state index contributed by atoms with van der Waals surface area (Å²) < 4.78 is 2.68. The van der Waals surface area contributed by atoms with Gasteiger partial charge in [-0.1, -0.05) is 32.8 Å². The second-order valence-electron chi connectivity index (χ2n) is 7.37. The van der Waals surface area contributed by atoms with Gasteiger partial charge in [-0.3, -0.25) is 9.59 Å². The van der Waals surface area contributed by atoms with Gasteiger partial charge in [0.1, 0.15) is 24.1 Å². The lowest BCUT2D eigenvalue weighted by atomic mass is 9.78. The van der Waals surface area contributed by atoms with Gasteiger partial charge in [0.15, 0.2) is 0 Å². The summed E-state index contributed by atoms with van der Waals surface area (Å²) in [6, 6.07) is 5.81. The summed E-state index contributed by atoms with van der Waals surface area (Å²) in [4.78, 5) is 26.2. The van der Waals surface area contributed by atoms with E-state index in [4.69, 9.17) is 0 Å². The first-order chi connectivity index (χ1) is 13.0. The minimum absolute atomic E-state index is 0.0769. The maximum Gasteiger partial charge on any atom is 0.293 e. The van der Waals surface area contributed by atoms with Gasteiger partial charge in [0, 0.05) is 6.04 Å². The van der Waals surface area contributed by atoms with E-state index in [-0.39, 0.29) is 24.1 Å². The minimum atomic E-state index is -0.312. The first-order valence-electron chi connectivity index (χ1n) is 9.31. The average Bonchev–Trinajstić information content (AvgIpc) is 3.31. The number of aromatic nitrogens is 4. The van der Waals surface area contributed by atoms with Crippen molar-refractivity contribution in [3.05, 3.63) is 40.3 Å². The molecule has 1 saturated carbocycles. The van der Waals surface area contributed by atoms with Crippen molar-refractivity contribution in [2.45, 2.75) is 45.7 Å². The number of fused-ring (bicyclic) bond motifs is 1. The van der Waals surface area contributed by atoms with Crippen LogP contribution in [0.1, 0.15) is 33.1 Å². The summed E-state index contributed by atoms with van der Waals surface area (Å²) in [5.74, 6) is 0.875. The molecule has 1 aliphatic carbocycles. The van der Waals surface area contributed by atoms with Crippen LogP contribution >= 0.6 is 11.3 Å². The number of nitrogens with one attached hydrogen (secondary N) is 1. The fourth-order valence-electron chi connectivity index (χ4n) is 3.77. The van der Waals surface area contributed by atoms with Gasteiger partial charge >= 0.3 is 0 Å². The number of rotatable bonds is 4. The standard InChI is InChI=1S/C19H23N5O2S/c1-12-5-3-6-14(13(12)2)21-18(25)10-23-19(26)16-9-15(17-7-4-8-27-17)22-24(16)11-20-23/h4,7-9,11-14H,3,5-6,10H2,1-2H3,(H,21,25)/t12-,13-,14+/m1/s1. The van der Waals surface area contributed by atoms with Gasteiger partial charge in [-0.2, -0.15) is 10.2 Å². The lowest BCUT2D eigenvalue weighted by Crippen LogP contribution is -2.45. The van der Waals surface area contributed by atoms with Crippen LogP contribution in [0.25, 0.3) is 16.1 Å². The lowest BCUT2D eigenvalue weighted by molar-refractivity contribution is -0.123. The molecule has 1 amide bonds. The van der Waals surface area contributed by atoms with Crippen LogP contribution in [-0.2, 0) is 11.3 Å². The highest BCUT2D eigenvalue weighted by molar-refractivity contribution is 7.13. The van der Waals surface area contributed by atoms with Crippen LogP contribution < -0.4 is 10.9 Å². The first-order valence-corrected chi connectivity index (χ1v) is 10.2. The Morgan fingerprint density at radius 2 is 2.22 bits per heavy atom. The topological polar surface area (TPSA) is 81.3 Å². The third kappa shape index (κ3) is 3.53. The van der Waals surface area contributed by atoms with E-state index in [0.717, 1.165) is 23.4 Å². The average molecular weight is 385 g/mol. The van der Waals surface area contributed by atoms with Crippen molar-refractivity contribution in [1.29, 1.82) is 0 Å². The summed E-state index contributed by atoms with van der Waals surface area (Å²) in [5, 5.41) is 13.6. The Balaban J connectivity index is 1.52. The fraction of sp³-hybridized carbons (Fsp3) is 0.474. The number of nitrogens with zero attached hydrogens (tertiary/aromatic N) is 4. The summed E-state index contributed by atoms with van der Waals surface area (Å²) in [6.07, 6.45) is 4.80. The molecule has 3 aromatic rings. The summed E-state index contributed by atoms with van der Waals surface area (Å²) in [7, 11) is 0. The molecule has 0 aromatic carbocycles. The van der Waals surface area contributed by atoms with Crippen molar-refractivity contribution in [1.82, 2.24) is 24.7 Å². The summed E-state index contributed by atoms with van der Waals surface area (Å²) in [5.41, 5.74) is 0.838. The third-order valence-electron chi connectivity index (χ3n) is 5.61. The Hall–Kier alpha value is -2.48. The van der Waals surface area contributed by atoms with Gasteiger partial charge in [0.25, 0.3) is 5.56 Å². The molecule has 0 bridgehead atoms. The van der Waals surface area contributed by atoms with E-state index < -0.39 is 0 Å². The number of hydrogen-bond acceptors (Lipinski definition) is 5. The zero-order chi connectivity index (χ0) is 19.0. The van der Waals surface area contributed by atoms with Gasteiger partial charge in [-0.15, -0.1) is 11.3 Å². The van der Waals surface area contributed by atoms with E-state index in [1.165, 1.54) is 21.9 Å². The molecular formula is C19H23N5O2S. The highest BCUT2D eigenvalue weighted by Crippen LogP contribution is 2.29. The summed E-state index contributed by atoms with van der Waals surface area (Å²) in [6.45, 7) is 4.34. The molecule has 0 radical (unpaired) electrons. The largest absolute Gasteiger partial charge is 0.351 e. The first kappa shape index (κ1) is 17.9. The molecule has 4 rings (SSSR count). The highest BCUT2D eigenvalue weighted by Gasteiger charge is 2.28. The van der Waals surface area contributed by atoms with Gasteiger partial charge < -0.3 is 5.32 Å². The maximum absolute atomic E-state index is 12.7. The Morgan fingerprint density at radius 1 is 1.37 bits per heavy atom. The Morgan fingerprint density at radius 3 is 3.00 bits per heavy atom. The molecule has 0 aliphatic heterocycles. The number of amides is 1. The van der Waals surface area contributed by atoms with Crippen LogP contribution in [0.2, 0.25) is 0 Å². The van der Waals surface area contributed by atoms with Gasteiger partial charge in [0.05, 0.1) is 4.88 Å². The van der Waals surface area contributed by atoms with E-state index in [2.05, 4.69) is 29.4 Å². The zero-order valence-electron chi connectivity index (χ0n) is 15.5. The molecule has 1 fully saturated rings. The molecule has 3 atom stereocenters. The predicted octanol–water partition coefficient (Wildman–Crippen LogP) is 2.56. The maximum atomic E-state index is 12.7. The van der Waals surface area contributed by atoms with E-state index in [9.17, 15) is 9.59 Å². The number of thiophene rings is 1. The molecule has 0 saturated heterocycles. The van der Waals surface area contributed by atoms with Crippen molar-refractivity contribution < 1.29 is 4.79 Å². The lowest BCUT2D eigenvalue weighted by Gasteiger charge is -2.34. The van der Waals surface area contributed by atoms with Crippen LogP contribution in [-0.4, -0.2) is 31.3 Å². The van der Waals surface area contributed by atoms with Crippen molar-refractivity contribution in [3.63, 3.8) is 0 Å². The molecule has 27 heavy (non-hydrogen) atoms. The predicted molar refractivity (Wildman–Crippen MR) is 105 cm³/mol. The molecule has 3 aromatic heterocycles. The summed E-state index contributed by atoms with van der Waals surface area (Å²) >= 11 is 1.56. The van der Waals surface area contributed by atoms with E-state index in [0.29, 0.717) is 17.4 Å². The normalized spacial score (nSPS) is 22.8. The van der Waals surface area contributed by atoms with E-state index in [1.54, 1.807) is 17.4 Å². The third-order valence-corrected chi connectivity index (χ3v) is 6.50. The fourth-order valence-corrected chi connectivity index (χ4v) is 4.45. The van der Waals surface area contributed by atoms with Gasteiger partial charge in [0.2, 0.25) is 5.91 Å². The second-order valence-corrected chi connectivity index (χ2v) is 8.32. The van der Waals surface area contributed by atoms with Crippen molar-refractivity contribution in [2.24, 2.45) is 11.8 Å². The molecule has 1 N–H and O–H groups in total. The molecule has 7 nitrogen and oxygen atoms in total. The zero-order valence-corrected chi connectivity index (χ0v) is 16.3. The molecule has 142 valence electrons. The minimum Gasteiger partial charge on any atom is -0.351 e. The van der Waals surface area contributed by atoms with E-state index >= 15 is 0 Å². The number of carbonyl (C=O) groups is 1. The Kier molecular flexibility index (Phi) is 4.82. The number of hydrogen-bond donors (Lipinski definition) is 1. The molecule has 1 aliphatic rings.